The zero-order valence-corrected chi connectivity index (χ0v) is 14.1. The van der Waals surface area contributed by atoms with Crippen molar-refractivity contribution in [3.63, 3.8) is 0 Å². The number of aliphatic carboxylic acids is 1. The van der Waals surface area contributed by atoms with Gasteiger partial charge in [-0.3, -0.25) is 9.59 Å². The third-order valence-electron chi connectivity index (χ3n) is 3.63. The number of carboxylic acids is 1. The summed E-state index contributed by atoms with van der Waals surface area (Å²) >= 11 is 0. The Labute approximate surface area is 132 Å². The summed E-state index contributed by atoms with van der Waals surface area (Å²) in [5.74, 6) is -1.89. The highest BCUT2D eigenvalue weighted by Gasteiger charge is 2.26. The molecule has 4 atom stereocenters. The van der Waals surface area contributed by atoms with E-state index in [0.29, 0.717) is 6.42 Å². The van der Waals surface area contributed by atoms with Crippen molar-refractivity contribution in [3.05, 3.63) is 0 Å². The van der Waals surface area contributed by atoms with E-state index in [4.69, 9.17) is 10.8 Å². The monoisotopic (exact) mass is 315 g/mol. The fourth-order valence-corrected chi connectivity index (χ4v) is 1.88. The summed E-state index contributed by atoms with van der Waals surface area (Å²) in [7, 11) is 0. The van der Waals surface area contributed by atoms with Gasteiger partial charge in [-0.15, -0.1) is 0 Å². The first-order valence-corrected chi connectivity index (χ1v) is 7.69. The minimum Gasteiger partial charge on any atom is -0.480 e. The second-order valence-electron chi connectivity index (χ2n) is 6.17. The van der Waals surface area contributed by atoms with Crippen LogP contribution in [0.3, 0.4) is 0 Å². The average Bonchev–Trinajstić information content (AvgIpc) is 2.43. The van der Waals surface area contributed by atoms with Gasteiger partial charge in [0.1, 0.15) is 12.1 Å². The summed E-state index contributed by atoms with van der Waals surface area (Å²) < 4.78 is 0. The molecule has 0 aromatic heterocycles. The Morgan fingerprint density at radius 3 is 2.00 bits per heavy atom. The fourth-order valence-electron chi connectivity index (χ4n) is 1.88. The molecule has 7 nitrogen and oxygen atoms in total. The van der Waals surface area contributed by atoms with Gasteiger partial charge in [-0.1, -0.05) is 34.1 Å². The quantitative estimate of drug-likeness (QED) is 0.493. The molecule has 0 rings (SSSR count). The lowest BCUT2D eigenvalue weighted by Crippen LogP contribution is -2.54. The maximum absolute atomic E-state index is 12.0. The molecular weight excluding hydrogens is 286 g/mol. The van der Waals surface area contributed by atoms with Crippen LogP contribution in [0.2, 0.25) is 0 Å². The Hall–Kier alpha value is -1.63. The number of carboxylic acid groups (broad SMARTS) is 1. The molecule has 0 aromatic carbocycles. The van der Waals surface area contributed by atoms with Crippen LogP contribution < -0.4 is 16.4 Å². The van der Waals surface area contributed by atoms with Crippen molar-refractivity contribution in [2.45, 2.75) is 65.6 Å². The van der Waals surface area contributed by atoms with Crippen LogP contribution in [-0.4, -0.2) is 41.0 Å². The normalized spacial score (nSPS) is 16.5. The topological polar surface area (TPSA) is 122 Å². The van der Waals surface area contributed by atoms with Gasteiger partial charge in [-0.25, -0.2) is 4.79 Å². The number of hydrogen-bond acceptors (Lipinski definition) is 4. The van der Waals surface area contributed by atoms with Crippen molar-refractivity contribution in [1.82, 2.24) is 10.6 Å². The first-order chi connectivity index (χ1) is 10.1. The molecule has 7 heteroatoms. The molecular formula is C15H29N3O4. The first kappa shape index (κ1) is 20.4. The lowest BCUT2D eigenvalue weighted by atomic mass is 9.99. The van der Waals surface area contributed by atoms with Gasteiger partial charge in [-0.2, -0.15) is 0 Å². The summed E-state index contributed by atoms with van der Waals surface area (Å²) in [5.41, 5.74) is 5.80. The van der Waals surface area contributed by atoms with Crippen LogP contribution in [0, 0.1) is 11.8 Å². The van der Waals surface area contributed by atoms with Gasteiger partial charge in [0.25, 0.3) is 0 Å². The maximum atomic E-state index is 12.0. The molecule has 0 unspecified atom stereocenters. The molecule has 128 valence electrons. The Morgan fingerprint density at radius 1 is 1.05 bits per heavy atom. The highest BCUT2D eigenvalue weighted by molar-refractivity contribution is 5.91. The van der Waals surface area contributed by atoms with E-state index >= 15 is 0 Å². The van der Waals surface area contributed by atoms with Crippen molar-refractivity contribution in [3.8, 4) is 0 Å². The minimum absolute atomic E-state index is 0.00275. The molecule has 0 aliphatic rings. The van der Waals surface area contributed by atoms with Crippen molar-refractivity contribution in [2.24, 2.45) is 17.6 Å². The van der Waals surface area contributed by atoms with Gasteiger partial charge in [0, 0.05) is 0 Å². The van der Waals surface area contributed by atoms with Crippen molar-refractivity contribution >= 4 is 17.8 Å². The van der Waals surface area contributed by atoms with E-state index in [1.165, 1.54) is 6.92 Å². The van der Waals surface area contributed by atoms with Gasteiger partial charge in [-0.05, 0) is 25.2 Å². The first-order valence-electron chi connectivity index (χ1n) is 7.69. The summed E-state index contributed by atoms with van der Waals surface area (Å²) in [5, 5.41) is 14.1. The summed E-state index contributed by atoms with van der Waals surface area (Å²) in [6.07, 6.45) is 1.08. The number of carbonyl (C=O) groups is 3. The van der Waals surface area contributed by atoms with Gasteiger partial charge in [0.15, 0.2) is 0 Å². The standard InChI is InChI=1S/C15H29N3O4/c1-6-9(4)12(16)14(20)17-10(5)13(19)18-11(15(21)22)7-8(2)3/h8-12H,6-7,16H2,1-5H3,(H,17,20)(H,18,19)(H,21,22)/t9-,10-,11-,12-/m0/s1. The molecule has 0 spiro atoms. The number of hydrogen-bond donors (Lipinski definition) is 4. The van der Waals surface area contributed by atoms with Crippen LogP contribution in [0.25, 0.3) is 0 Å². The van der Waals surface area contributed by atoms with E-state index in [2.05, 4.69) is 10.6 Å². The molecule has 0 aliphatic carbocycles. The zero-order chi connectivity index (χ0) is 17.4. The predicted molar refractivity (Wildman–Crippen MR) is 84.1 cm³/mol. The van der Waals surface area contributed by atoms with Crippen molar-refractivity contribution < 1.29 is 19.5 Å². The number of nitrogens with two attached hydrogens (primary N) is 1. The second kappa shape index (κ2) is 9.40. The molecule has 22 heavy (non-hydrogen) atoms. The minimum atomic E-state index is -1.09. The number of rotatable bonds is 9. The molecule has 0 bridgehead atoms. The molecule has 0 radical (unpaired) electrons. The lowest BCUT2D eigenvalue weighted by Gasteiger charge is -2.22. The van der Waals surface area contributed by atoms with Crippen LogP contribution in [0.15, 0.2) is 0 Å². The summed E-state index contributed by atoms with van der Waals surface area (Å²) in [6, 6.07) is -2.49. The Bertz CT molecular complexity index is 398. The zero-order valence-electron chi connectivity index (χ0n) is 14.1. The van der Waals surface area contributed by atoms with Crippen LogP contribution in [0.1, 0.15) is 47.5 Å². The Morgan fingerprint density at radius 2 is 1.59 bits per heavy atom. The highest BCUT2D eigenvalue weighted by Crippen LogP contribution is 2.07. The van der Waals surface area contributed by atoms with Crippen LogP contribution in [-0.2, 0) is 14.4 Å². The van der Waals surface area contributed by atoms with Crippen LogP contribution >= 0.6 is 0 Å². The van der Waals surface area contributed by atoms with Crippen LogP contribution in [0.5, 0.6) is 0 Å². The molecule has 0 saturated carbocycles. The molecule has 0 heterocycles. The van der Waals surface area contributed by atoms with E-state index in [9.17, 15) is 14.4 Å². The largest absolute Gasteiger partial charge is 0.480 e. The third kappa shape index (κ3) is 6.89. The molecule has 2 amide bonds. The van der Waals surface area contributed by atoms with Gasteiger partial charge in [0.05, 0.1) is 6.04 Å². The van der Waals surface area contributed by atoms with E-state index in [0.717, 1.165) is 6.42 Å². The van der Waals surface area contributed by atoms with Gasteiger partial charge < -0.3 is 21.5 Å². The smallest absolute Gasteiger partial charge is 0.326 e. The Kier molecular flexibility index (Phi) is 8.70. The molecule has 0 fully saturated rings. The summed E-state index contributed by atoms with van der Waals surface area (Å²) in [4.78, 5) is 35.1. The van der Waals surface area contributed by atoms with Gasteiger partial charge in [0.2, 0.25) is 11.8 Å². The number of nitrogens with one attached hydrogen (secondary N) is 2. The molecule has 0 aliphatic heterocycles. The lowest BCUT2D eigenvalue weighted by molar-refractivity contribution is -0.142. The third-order valence-corrected chi connectivity index (χ3v) is 3.63. The SMILES string of the molecule is CC[C@H](C)[C@H](N)C(=O)N[C@@H](C)C(=O)N[C@@H](CC(C)C)C(=O)O. The second-order valence-corrected chi connectivity index (χ2v) is 6.17. The maximum Gasteiger partial charge on any atom is 0.326 e. The van der Waals surface area contributed by atoms with E-state index in [-0.39, 0.29) is 11.8 Å². The number of amides is 2. The Balaban J connectivity index is 4.59. The van der Waals surface area contributed by atoms with Gasteiger partial charge >= 0.3 is 5.97 Å². The van der Waals surface area contributed by atoms with Crippen LogP contribution in [0.4, 0.5) is 0 Å². The average molecular weight is 315 g/mol. The molecule has 0 saturated heterocycles. The highest BCUT2D eigenvalue weighted by atomic mass is 16.4. The van der Waals surface area contributed by atoms with E-state index in [1.54, 1.807) is 0 Å². The number of carbonyl (C=O) groups excluding carboxylic acids is 2. The fraction of sp³-hybridized carbons (Fsp3) is 0.800. The predicted octanol–water partition coefficient (Wildman–Crippen LogP) is 0.480. The van der Waals surface area contributed by atoms with E-state index < -0.39 is 35.9 Å². The molecule has 0 aromatic rings. The summed E-state index contributed by atoms with van der Waals surface area (Å²) in [6.45, 7) is 9.04. The van der Waals surface area contributed by atoms with Crippen molar-refractivity contribution in [1.29, 1.82) is 0 Å². The molecule has 5 N–H and O–H groups in total. The van der Waals surface area contributed by atoms with Crippen molar-refractivity contribution in [2.75, 3.05) is 0 Å². The van der Waals surface area contributed by atoms with E-state index in [1.807, 2.05) is 27.7 Å².